The van der Waals surface area contributed by atoms with Crippen LogP contribution in [0.3, 0.4) is 0 Å². The van der Waals surface area contributed by atoms with Crippen molar-refractivity contribution in [3.8, 4) is 16.3 Å². The van der Waals surface area contributed by atoms with E-state index >= 15 is 0 Å². The van der Waals surface area contributed by atoms with Gasteiger partial charge in [-0.25, -0.2) is 4.98 Å². The summed E-state index contributed by atoms with van der Waals surface area (Å²) < 4.78 is 5.45. The zero-order valence-corrected chi connectivity index (χ0v) is 18.3. The highest BCUT2D eigenvalue weighted by atomic mass is 35.5. The van der Waals surface area contributed by atoms with Crippen molar-refractivity contribution in [2.75, 3.05) is 25.5 Å². The average molecular weight is 444 g/mol. The van der Waals surface area contributed by atoms with Crippen LogP contribution in [-0.2, 0) is 16.0 Å². The number of thiazole rings is 1. The standard InChI is InChI=1S/C22H22ClN3O3S/c1-3-29-17-10-8-15(9-11-17)22-24-16(14-30-22)12-21(28)26(2)13-20(27)25-19-7-5-4-6-18(19)23/h4-11,14H,3,12-13H2,1-2H3,(H,25,27). The van der Waals surface area contributed by atoms with E-state index in [9.17, 15) is 9.59 Å². The molecule has 2 amide bonds. The molecule has 6 nitrogen and oxygen atoms in total. The Morgan fingerprint density at radius 2 is 1.90 bits per heavy atom. The summed E-state index contributed by atoms with van der Waals surface area (Å²) in [5.41, 5.74) is 2.16. The fraction of sp³-hybridized carbons (Fsp3) is 0.227. The van der Waals surface area contributed by atoms with Crippen LogP contribution in [0.2, 0.25) is 5.02 Å². The van der Waals surface area contributed by atoms with E-state index in [0.717, 1.165) is 16.3 Å². The molecule has 0 atom stereocenters. The molecule has 0 aliphatic heterocycles. The third kappa shape index (κ3) is 5.81. The van der Waals surface area contributed by atoms with E-state index in [-0.39, 0.29) is 24.8 Å². The number of aromatic nitrogens is 1. The van der Waals surface area contributed by atoms with Crippen molar-refractivity contribution in [1.29, 1.82) is 0 Å². The number of hydrogen-bond acceptors (Lipinski definition) is 5. The molecule has 1 heterocycles. The van der Waals surface area contributed by atoms with Gasteiger partial charge in [0.2, 0.25) is 11.8 Å². The lowest BCUT2D eigenvalue weighted by Crippen LogP contribution is -2.35. The van der Waals surface area contributed by atoms with Crippen molar-refractivity contribution >= 4 is 40.4 Å². The first-order valence-electron chi connectivity index (χ1n) is 9.42. The van der Waals surface area contributed by atoms with Gasteiger partial charge in [0.05, 0.1) is 36.0 Å². The first-order chi connectivity index (χ1) is 14.5. The quantitative estimate of drug-likeness (QED) is 0.556. The maximum atomic E-state index is 12.5. The van der Waals surface area contributed by atoms with Crippen molar-refractivity contribution < 1.29 is 14.3 Å². The van der Waals surface area contributed by atoms with Gasteiger partial charge < -0.3 is 15.0 Å². The predicted molar refractivity (Wildman–Crippen MR) is 120 cm³/mol. The summed E-state index contributed by atoms with van der Waals surface area (Å²) in [5.74, 6) is 0.310. The largest absolute Gasteiger partial charge is 0.494 e. The number of benzene rings is 2. The number of rotatable bonds is 8. The van der Waals surface area contributed by atoms with Gasteiger partial charge in [0.15, 0.2) is 0 Å². The van der Waals surface area contributed by atoms with Crippen LogP contribution in [0, 0.1) is 0 Å². The number of para-hydroxylation sites is 1. The summed E-state index contributed by atoms with van der Waals surface area (Å²) in [4.78, 5) is 30.6. The molecule has 3 aromatic rings. The van der Waals surface area contributed by atoms with E-state index in [1.807, 2.05) is 36.6 Å². The first kappa shape index (κ1) is 21.8. The Balaban J connectivity index is 1.55. The summed E-state index contributed by atoms with van der Waals surface area (Å²) in [5, 5.41) is 5.85. The Kier molecular flexibility index (Phi) is 7.43. The predicted octanol–water partition coefficient (Wildman–Crippen LogP) is 4.50. The molecule has 156 valence electrons. The number of hydrogen-bond donors (Lipinski definition) is 1. The molecule has 0 fully saturated rings. The van der Waals surface area contributed by atoms with E-state index in [1.165, 1.54) is 16.2 Å². The molecule has 0 aliphatic rings. The molecular weight excluding hydrogens is 422 g/mol. The highest BCUT2D eigenvalue weighted by Gasteiger charge is 2.16. The maximum absolute atomic E-state index is 12.5. The van der Waals surface area contributed by atoms with E-state index < -0.39 is 0 Å². The number of halogens is 1. The first-order valence-corrected chi connectivity index (χ1v) is 10.7. The van der Waals surface area contributed by atoms with E-state index in [4.69, 9.17) is 16.3 Å². The lowest BCUT2D eigenvalue weighted by Gasteiger charge is -2.16. The van der Waals surface area contributed by atoms with Crippen LogP contribution in [0.5, 0.6) is 5.75 Å². The highest BCUT2D eigenvalue weighted by Crippen LogP contribution is 2.26. The SMILES string of the molecule is CCOc1ccc(-c2nc(CC(=O)N(C)CC(=O)Nc3ccccc3Cl)cs2)cc1. The maximum Gasteiger partial charge on any atom is 0.244 e. The van der Waals surface area contributed by atoms with Crippen LogP contribution < -0.4 is 10.1 Å². The number of ether oxygens (including phenoxy) is 1. The monoisotopic (exact) mass is 443 g/mol. The summed E-state index contributed by atoms with van der Waals surface area (Å²) >= 11 is 7.52. The Hall–Kier alpha value is -2.90. The van der Waals surface area contributed by atoms with Crippen molar-refractivity contribution in [3.63, 3.8) is 0 Å². The van der Waals surface area contributed by atoms with E-state index in [0.29, 0.717) is 23.0 Å². The van der Waals surface area contributed by atoms with Gasteiger partial charge in [0, 0.05) is 18.0 Å². The molecule has 0 saturated carbocycles. The second-order valence-corrected chi connectivity index (χ2v) is 7.82. The number of carbonyl (C=O) groups excluding carboxylic acids is 2. The van der Waals surface area contributed by atoms with Crippen LogP contribution in [0.4, 0.5) is 5.69 Å². The third-order valence-corrected chi connectivity index (χ3v) is 5.52. The zero-order chi connectivity index (χ0) is 21.5. The molecule has 0 radical (unpaired) electrons. The minimum absolute atomic E-state index is 0.0695. The number of carbonyl (C=O) groups is 2. The number of likely N-dealkylation sites (N-methyl/N-ethyl adjacent to an activating group) is 1. The summed E-state index contributed by atoms with van der Waals surface area (Å²) in [7, 11) is 1.59. The molecular formula is C22H22ClN3O3S. The second-order valence-electron chi connectivity index (χ2n) is 6.56. The lowest BCUT2D eigenvalue weighted by atomic mass is 10.2. The van der Waals surface area contributed by atoms with Gasteiger partial charge >= 0.3 is 0 Å². The third-order valence-electron chi connectivity index (χ3n) is 4.25. The molecule has 0 aliphatic carbocycles. The van der Waals surface area contributed by atoms with Gasteiger partial charge in [-0.05, 0) is 43.3 Å². The molecule has 0 saturated heterocycles. The Labute approximate surface area is 184 Å². The summed E-state index contributed by atoms with van der Waals surface area (Å²) in [6, 6.07) is 14.6. The summed E-state index contributed by atoms with van der Waals surface area (Å²) in [6.07, 6.45) is 0.128. The molecule has 8 heteroatoms. The van der Waals surface area contributed by atoms with Gasteiger partial charge in [-0.3, -0.25) is 9.59 Å². The van der Waals surface area contributed by atoms with Gasteiger partial charge in [-0.15, -0.1) is 11.3 Å². The van der Waals surface area contributed by atoms with Crippen LogP contribution in [0.15, 0.2) is 53.9 Å². The minimum Gasteiger partial charge on any atom is -0.494 e. The van der Waals surface area contributed by atoms with Crippen molar-refractivity contribution in [1.82, 2.24) is 9.88 Å². The molecule has 0 unspecified atom stereocenters. The number of anilines is 1. The molecule has 3 rings (SSSR count). The topological polar surface area (TPSA) is 71.5 Å². The molecule has 1 N–H and O–H groups in total. The van der Waals surface area contributed by atoms with E-state index in [1.54, 1.807) is 31.3 Å². The number of nitrogens with one attached hydrogen (secondary N) is 1. The second kappa shape index (κ2) is 10.2. The number of amides is 2. The van der Waals surface area contributed by atoms with Crippen molar-refractivity contribution in [3.05, 3.63) is 64.6 Å². The van der Waals surface area contributed by atoms with Gasteiger partial charge in [-0.2, -0.15) is 0 Å². The van der Waals surface area contributed by atoms with E-state index in [2.05, 4.69) is 10.3 Å². The fourth-order valence-electron chi connectivity index (χ4n) is 2.73. The van der Waals surface area contributed by atoms with Gasteiger partial charge in [0.1, 0.15) is 10.8 Å². The Morgan fingerprint density at radius 1 is 1.17 bits per heavy atom. The zero-order valence-electron chi connectivity index (χ0n) is 16.7. The van der Waals surface area contributed by atoms with Gasteiger partial charge in [0.25, 0.3) is 0 Å². The Morgan fingerprint density at radius 3 is 2.60 bits per heavy atom. The normalized spacial score (nSPS) is 10.5. The fourth-order valence-corrected chi connectivity index (χ4v) is 3.74. The minimum atomic E-state index is -0.313. The van der Waals surface area contributed by atoms with Crippen LogP contribution in [-0.4, -0.2) is 41.9 Å². The molecule has 30 heavy (non-hydrogen) atoms. The molecule has 1 aromatic heterocycles. The van der Waals surface area contributed by atoms with Gasteiger partial charge in [-0.1, -0.05) is 23.7 Å². The molecule has 0 bridgehead atoms. The molecule has 2 aromatic carbocycles. The van der Waals surface area contributed by atoms with Crippen LogP contribution >= 0.6 is 22.9 Å². The highest BCUT2D eigenvalue weighted by molar-refractivity contribution is 7.13. The van der Waals surface area contributed by atoms with Crippen molar-refractivity contribution in [2.45, 2.75) is 13.3 Å². The van der Waals surface area contributed by atoms with Crippen LogP contribution in [0.1, 0.15) is 12.6 Å². The van der Waals surface area contributed by atoms with Crippen LogP contribution in [0.25, 0.3) is 10.6 Å². The summed E-state index contributed by atoms with van der Waals surface area (Å²) in [6.45, 7) is 2.49. The lowest BCUT2D eigenvalue weighted by molar-refractivity contribution is -0.132. The Bertz CT molecular complexity index is 1020. The smallest absolute Gasteiger partial charge is 0.244 e. The van der Waals surface area contributed by atoms with Crippen molar-refractivity contribution in [2.24, 2.45) is 0 Å². The number of nitrogens with zero attached hydrogens (tertiary/aromatic N) is 2. The average Bonchev–Trinajstić information content (AvgIpc) is 3.19. The molecule has 0 spiro atoms.